The highest BCUT2D eigenvalue weighted by molar-refractivity contribution is 6.01. The Hall–Kier alpha value is -6.30. The predicted octanol–water partition coefficient (Wildman–Crippen LogP) is 7.07. The average Bonchev–Trinajstić information content (AvgIpc) is 3.49. The van der Waals surface area contributed by atoms with Gasteiger partial charge in [0.05, 0.1) is 5.56 Å². The summed E-state index contributed by atoms with van der Waals surface area (Å²) in [4.78, 5) is 74.6. The molecule has 0 aromatic heterocycles. The third-order valence-electron chi connectivity index (χ3n) is 10.7. The van der Waals surface area contributed by atoms with Crippen LogP contribution < -0.4 is 14.8 Å². The minimum absolute atomic E-state index is 0.0751. The summed E-state index contributed by atoms with van der Waals surface area (Å²) in [5, 5.41) is 13.3. The van der Waals surface area contributed by atoms with Crippen molar-refractivity contribution in [1.82, 2.24) is 24.9 Å². The summed E-state index contributed by atoms with van der Waals surface area (Å²) in [5.41, 5.74) is -2.09. The van der Waals surface area contributed by atoms with E-state index in [4.69, 9.17) is 28.4 Å². The topological polar surface area (TPSA) is 186 Å². The number of rotatable bonds is 7. The number of nitrogens with one attached hydrogen (secondary N) is 1. The van der Waals surface area contributed by atoms with E-state index in [1.165, 1.54) is 32.9 Å². The molecule has 3 aliphatic heterocycles. The fourth-order valence-electron chi connectivity index (χ4n) is 7.72. The molecule has 1 atom stereocenters. The number of benzene rings is 3. The highest BCUT2D eigenvalue weighted by Gasteiger charge is 2.54. The molecule has 0 saturated carbocycles. The molecule has 4 amide bonds. The Morgan fingerprint density at radius 2 is 1.17 bits per heavy atom. The molecular formula is C48H62FN5O12. The van der Waals surface area contributed by atoms with E-state index in [1.807, 2.05) is 4.90 Å². The molecule has 358 valence electrons. The lowest BCUT2D eigenvalue weighted by Crippen LogP contribution is -2.51. The van der Waals surface area contributed by atoms with Crippen LogP contribution in [0.15, 0.2) is 54.6 Å². The minimum atomic E-state index is -1.49. The lowest BCUT2D eigenvalue weighted by atomic mass is 9.77. The summed E-state index contributed by atoms with van der Waals surface area (Å²) in [5.74, 6) is -0.362. The van der Waals surface area contributed by atoms with Crippen molar-refractivity contribution in [2.24, 2.45) is 0 Å². The Bertz CT molecular complexity index is 2260. The van der Waals surface area contributed by atoms with E-state index < -0.39 is 59.2 Å². The number of fused-ring (bicyclic) bond motifs is 6. The summed E-state index contributed by atoms with van der Waals surface area (Å²) >= 11 is 0. The molecule has 0 aliphatic carbocycles. The molecule has 1 spiro atoms. The fourth-order valence-corrected chi connectivity index (χ4v) is 7.72. The van der Waals surface area contributed by atoms with Gasteiger partial charge >= 0.3 is 24.2 Å². The lowest BCUT2D eigenvalue weighted by molar-refractivity contribution is 0.00475. The monoisotopic (exact) mass is 918 g/mol. The normalized spacial score (nSPS) is 18.1. The summed E-state index contributed by atoms with van der Waals surface area (Å²) in [7, 11) is 0. The molecule has 66 heavy (non-hydrogen) atoms. The molecule has 18 heteroatoms. The maximum absolute atomic E-state index is 13.8. The Morgan fingerprint density at radius 1 is 0.682 bits per heavy atom. The molecule has 17 nitrogen and oxygen atoms in total. The number of phenols is 1. The smallest absolute Gasteiger partial charge is 0.410 e. The van der Waals surface area contributed by atoms with Gasteiger partial charge in [-0.15, -0.1) is 0 Å². The Balaban J connectivity index is 1.21. The Morgan fingerprint density at radius 3 is 1.68 bits per heavy atom. The van der Waals surface area contributed by atoms with Crippen LogP contribution in [-0.4, -0.2) is 150 Å². The number of carbonyl (C=O) groups excluding carboxylic acids is 5. The molecule has 1 fully saturated rings. The van der Waals surface area contributed by atoms with Crippen molar-refractivity contribution in [2.75, 3.05) is 78.7 Å². The zero-order valence-electron chi connectivity index (χ0n) is 39.3. The van der Waals surface area contributed by atoms with Gasteiger partial charge in [-0.1, -0.05) is 6.07 Å². The first-order valence-electron chi connectivity index (χ1n) is 22.1. The first-order chi connectivity index (χ1) is 31.0. The predicted molar refractivity (Wildman–Crippen MR) is 240 cm³/mol. The Labute approximate surface area is 385 Å². The number of aromatic hydroxyl groups is 1. The third-order valence-corrected chi connectivity index (χ3v) is 10.7. The number of hydrogen-bond acceptors (Lipinski definition) is 13. The maximum Gasteiger partial charge on any atom is 0.410 e. The first kappa shape index (κ1) is 49.1. The number of phenolic OH excluding ortho intramolecular Hbond substituents is 1. The minimum Gasteiger partial charge on any atom is -0.508 e. The fraction of sp³-hybridized carbons (Fsp3) is 0.521. The summed E-state index contributed by atoms with van der Waals surface area (Å²) in [6.07, 6.45) is -1.69. The SMILES string of the molecule is CC(C)(C)OC(=O)N1CCN(CCNC(=O)c2ccc3c(c2)C(=O)OC32c3ccc(O)cc3Oc3cc(OCC[18F])ccc32)CCN(C(=O)OC(C)(C)C)CCN(C(=O)OC(C)(C)C)CC1. The molecule has 0 radical (unpaired) electrons. The van der Waals surface area contributed by atoms with Crippen LogP contribution in [0.3, 0.4) is 0 Å². The molecule has 3 aliphatic rings. The quantitative estimate of drug-likeness (QED) is 0.181. The van der Waals surface area contributed by atoms with Crippen molar-refractivity contribution in [2.45, 2.75) is 84.7 Å². The molecule has 1 saturated heterocycles. The zero-order chi connectivity index (χ0) is 48.2. The van der Waals surface area contributed by atoms with Crippen molar-refractivity contribution in [3.8, 4) is 23.0 Å². The van der Waals surface area contributed by atoms with Gasteiger partial charge in [0.1, 0.15) is 53.1 Å². The Kier molecular flexibility index (Phi) is 14.6. The van der Waals surface area contributed by atoms with Gasteiger partial charge in [-0.05, 0) is 98.7 Å². The summed E-state index contributed by atoms with van der Waals surface area (Å²) in [6, 6.07) is 14.1. The number of alkyl halides is 1. The molecule has 6 rings (SSSR count). The van der Waals surface area contributed by atoms with Crippen LogP contribution in [0.2, 0.25) is 0 Å². The number of amides is 4. The van der Waals surface area contributed by atoms with Crippen LogP contribution in [0, 0.1) is 0 Å². The molecule has 3 aromatic carbocycles. The molecule has 3 aromatic rings. The van der Waals surface area contributed by atoms with Crippen LogP contribution in [0.1, 0.15) is 99.7 Å². The van der Waals surface area contributed by atoms with Crippen LogP contribution >= 0.6 is 0 Å². The number of esters is 1. The molecule has 0 bridgehead atoms. The highest BCUT2D eigenvalue weighted by atomic mass is 18.2. The third kappa shape index (κ3) is 11.9. The van der Waals surface area contributed by atoms with Crippen molar-refractivity contribution in [3.05, 3.63) is 82.4 Å². The number of ether oxygens (including phenoxy) is 6. The van der Waals surface area contributed by atoms with Gasteiger partial charge in [0, 0.05) is 99.8 Å². The summed E-state index contributed by atoms with van der Waals surface area (Å²) < 4.78 is 48.0. The standard InChI is InChI=1S/C48H62FN5O12/c1-45(2,3)64-42(58)52-21-19-51(20-22-53(43(59)65-46(4,5)6)24-26-54(25-23-52)44(60)66-47(7,8)9)18-17-50-40(56)31-10-13-35-34(28-31)41(57)63-48(35)36-14-11-32(55)29-38(36)62-39-30-33(61-27-16-49)12-15-37(39)48/h10-15,28-30,55H,16-27H2,1-9H3,(H,50,56)/i49-1. The molecular weight excluding hydrogens is 857 g/mol. The summed E-state index contributed by atoms with van der Waals surface area (Å²) in [6.45, 7) is 17.1. The van der Waals surface area contributed by atoms with E-state index in [2.05, 4.69) is 5.32 Å². The van der Waals surface area contributed by atoms with E-state index in [0.717, 1.165) is 0 Å². The van der Waals surface area contributed by atoms with Gasteiger partial charge in [0.15, 0.2) is 5.60 Å². The van der Waals surface area contributed by atoms with Gasteiger partial charge in [-0.25, -0.2) is 23.6 Å². The first-order valence-corrected chi connectivity index (χ1v) is 22.1. The van der Waals surface area contributed by atoms with Crippen molar-refractivity contribution in [3.63, 3.8) is 0 Å². The number of carbonyl (C=O) groups is 5. The molecule has 2 N–H and O–H groups in total. The van der Waals surface area contributed by atoms with Gasteiger partial charge < -0.3 is 53.5 Å². The highest BCUT2D eigenvalue weighted by Crippen LogP contribution is 2.57. The van der Waals surface area contributed by atoms with Gasteiger partial charge in [0.25, 0.3) is 5.91 Å². The number of hydrogen-bond donors (Lipinski definition) is 2. The van der Waals surface area contributed by atoms with Crippen molar-refractivity contribution >= 4 is 30.2 Å². The van der Waals surface area contributed by atoms with Crippen molar-refractivity contribution in [1.29, 1.82) is 0 Å². The molecule has 3 heterocycles. The second kappa shape index (κ2) is 19.7. The van der Waals surface area contributed by atoms with Crippen LogP contribution in [-0.2, 0) is 24.5 Å². The second-order valence-corrected chi connectivity index (χ2v) is 19.3. The maximum atomic E-state index is 13.8. The second-order valence-electron chi connectivity index (χ2n) is 19.3. The van der Waals surface area contributed by atoms with Crippen LogP contribution in [0.25, 0.3) is 0 Å². The zero-order valence-corrected chi connectivity index (χ0v) is 39.3. The van der Waals surface area contributed by atoms with E-state index in [9.17, 15) is 33.5 Å². The van der Waals surface area contributed by atoms with Crippen LogP contribution in [0.4, 0.5) is 18.8 Å². The lowest BCUT2D eigenvalue weighted by Gasteiger charge is -2.36. The number of nitrogens with zero attached hydrogens (tertiary/aromatic N) is 4. The van der Waals surface area contributed by atoms with E-state index in [-0.39, 0.29) is 80.8 Å². The van der Waals surface area contributed by atoms with Crippen LogP contribution in [0.5, 0.6) is 23.0 Å². The van der Waals surface area contributed by atoms with E-state index in [1.54, 1.807) is 98.7 Å². The van der Waals surface area contributed by atoms with Gasteiger partial charge in [0.2, 0.25) is 0 Å². The molecule has 1 unspecified atom stereocenters. The van der Waals surface area contributed by atoms with Gasteiger partial charge in [-0.2, -0.15) is 0 Å². The average molecular weight is 919 g/mol. The largest absolute Gasteiger partial charge is 0.508 e. The van der Waals surface area contributed by atoms with E-state index in [0.29, 0.717) is 42.1 Å². The number of halogens is 1. The van der Waals surface area contributed by atoms with Crippen molar-refractivity contribution < 1.29 is 61.9 Å². The van der Waals surface area contributed by atoms with Gasteiger partial charge in [-0.3, -0.25) is 9.69 Å². The van der Waals surface area contributed by atoms with E-state index >= 15 is 0 Å².